The molecule has 1 saturated heterocycles. The Morgan fingerprint density at radius 3 is 3.04 bits per heavy atom. The Bertz CT molecular complexity index is 1000. The Morgan fingerprint density at radius 2 is 2.32 bits per heavy atom. The van der Waals surface area contributed by atoms with Crippen LogP contribution in [0.3, 0.4) is 0 Å². The number of aliphatic hydroxyl groups is 1. The minimum atomic E-state index is -0.251. The van der Waals surface area contributed by atoms with Gasteiger partial charge >= 0.3 is 0 Å². The zero-order valence-electron chi connectivity index (χ0n) is 13.7. The zero-order valence-corrected chi connectivity index (χ0v) is 14.5. The molecule has 0 aliphatic carbocycles. The van der Waals surface area contributed by atoms with Gasteiger partial charge in [-0.25, -0.2) is 0 Å². The highest BCUT2D eigenvalue weighted by Gasteiger charge is 2.31. The number of pyridine rings is 1. The number of nitrogens with one attached hydrogen (secondary N) is 2. The molecule has 2 aliphatic rings. The summed E-state index contributed by atoms with van der Waals surface area (Å²) in [6, 6.07) is 0. The third-order valence-electron chi connectivity index (χ3n) is 4.89. The molecule has 1 fully saturated rings. The van der Waals surface area contributed by atoms with Gasteiger partial charge in [-0.1, -0.05) is 0 Å². The normalized spacial score (nSPS) is 20.6. The molecule has 0 unspecified atom stereocenters. The molecule has 0 aromatic carbocycles. The second kappa shape index (κ2) is 5.42. The first kappa shape index (κ1) is 15.1. The van der Waals surface area contributed by atoms with E-state index in [-0.39, 0.29) is 17.8 Å². The van der Waals surface area contributed by atoms with Crippen LogP contribution in [0.25, 0.3) is 20.5 Å². The summed E-state index contributed by atoms with van der Waals surface area (Å²) in [6.45, 7) is 4.01. The number of β-amino-alcohol motifs (C(OH)–C–C–N with tert-alkyl or cyclic N) is 1. The number of aromatic amines is 2. The number of ether oxygens (including phenoxy) is 1. The average Bonchev–Trinajstić information content (AvgIpc) is 3.18. The fourth-order valence-corrected chi connectivity index (χ4v) is 4.87. The monoisotopic (exact) mass is 358 g/mol. The molecule has 8 heteroatoms. The molecule has 7 nitrogen and oxygen atoms in total. The minimum Gasteiger partial charge on any atom is -0.488 e. The molecule has 5 rings (SSSR count). The third-order valence-corrected chi connectivity index (χ3v) is 6.11. The first-order chi connectivity index (χ1) is 12.1. The lowest BCUT2D eigenvalue weighted by atomic mass is 9.98. The van der Waals surface area contributed by atoms with Crippen LogP contribution in [0.2, 0.25) is 0 Å². The van der Waals surface area contributed by atoms with Crippen molar-refractivity contribution in [3.8, 4) is 16.2 Å². The van der Waals surface area contributed by atoms with Gasteiger partial charge in [0.25, 0.3) is 5.56 Å². The van der Waals surface area contributed by atoms with Crippen molar-refractivity contribution >= 4 is 21.4 Å². The van der Waals surface area contributed by atoms with Gasteiger partial charge in [0.15, 0.2) is 0 Å². The average molecular weight is 358 g/mol. The minimum absolute atomic E-state index is 0.0441. The molecule has 2 aliphatic heterocycles. The van der Waals surface area contributed by atoms with Gasteiger partial charge in [-0.3, -0.25) is 14.8 Å². The predicted octanol–water partition coefficient (Wildman–Crippen LogP) is 1.48. The maximum atomic E-state index is 12.7. The van der Waals surface area contributed by atoms with Gasteiger partial charge in [-0.2, -0.15) is 5.10 Å². The smallest absolute Gasteiger partial charge is 0.266 e. The predicted molar refractivity (Wildman–Crippen MR) is 95.1 cm³/mol. The van der Waals surface area contributed by atoms with Crippen LogP contribution in [0.15, 0.2) is 17.2 Å². The lowest BCUT2D eigenvalue weighted by molar-refractivity contribution is -0.00378. The second-order valence-corrected chi connectivity index (χ2v) is 7.86. The highest BCUT2D eigenvalue weighted by molar-refractivity contribution is 7.22. The molecule has 0 spiro atoms. The molecule has 1 atom stereocenters. The number of thiophene rings is 1. The van der Waals surface area contributed by atoms with Crippen LogP contribution in [0.4, 0.5) is 0 Å². The van der Waals surface area contributed by atoms with E-state index < -0.39 is 0 Å². The van der Waals surface area contributed by atoms with Gasteiger partial charge in [0.1, 0.15) is 16.6 Å². The summed E-state index contributed by atoms with van der Waals surface area (Å²) < 4.78 is 6.84. The lowest BCUT2D eigenvalue weighted by Crippen LogP contribution is -2.50. The SMILES string of the molecule is C[C@@H]1Cc2c(CN3CC(O)C3)[nH]c(=O)c3sc(-c4cn[nH]c4)c(c23)O1. The number of nitrogens with zero attached hydrogens (tertiary/aromatic N) is 2. The topological polar surface area (TPSA) is 94.2 Å². The molecule has 0 bridgehead atoms. The molecular weight excluding hydrogens is 340 g/mol. The van der Waals surface area contributed by atoms with Gasteiger partial charge in [0.2, 0.25) is 0 Å². The van der Waals surface area contributed by atoms with E-state index in [1.54, 1.807) is 6.20 Å². The zero-order chi connectivity index (χ0) is 17.1. The number of aliphatic hydroxyl groups excluding tert-OH is 1. The second-order valence-electron chi connectivity index (χ2n) is 6.84. The number of hydrogen-bond acceptors (Lipinski definition) is 6. The molecule has 130 valence electrons. The van der Waals surface area contributed by atoms with Crippen molar-refractivity contribution in [1.29, 1.82) is 0 Å². The van der Waals surface area contributed by atoms with Crippen molar-refractivity contribution in [2.24, 2.45) is 0 Å². The summed E-state index contributed by atoms with van der Waals surface area (Å²) in [5.74, 6) is 0.797. The standard InChI is InChI=1S/C17H18N4O3S/c1-8-2-11-12(7-21-5-10(22)6-21)20-17(23)16-13(11)14(24-8)15(25-16)9-3-18-19-4-9/h3-4,8,10,22H,2,5-7H2,1H3,(H,18,19)(H,20,23)/t8-/m1/s1. The molecule has 0 radical (unpaired) electrons. The molecular formula is C17H18N4O3S. The Morgan fingerprint density at radius 1 is 1.48 bits per heavy atom. The van der Waals surface area contributed by atoms with E-state index in [0.717, 1.165) is 39.3 Å². The quantitative estimate of drug-likeness (QED) is 0.659. The van der Waals surface area contributed by atoms with Crippen molar-refractivity contribution in [2.75, 3.05) is 13.1 Å². The first-order valence-electron chi connectivity index (χ1n) is 8.37. The van der Waals surface area contributed by atoms with Crippen LogP contribution < -0.4 is 10.3 Å². The van der Waals surface area contributed by atoms with Crippen molar-refractivity contribution in [3.05, 3.63) is 34.0 Å². The van der Waals surface area contributed by atoms with E-state index in [0.29, 0.717) is 24.3 Å². The van der Waals surface area contributed by atoms with Gasteiger partial charge in [0, 0.05) is 48.9 Å². The first-order valence-corrected chi connectivity index (χ1v) is 9.18. The van der Waals surface area contributed by atoms with Crippen LogP contribution in [-0.2, 0) is 13.0 Å². The van der Waals surface area contributed by atoms with Crippen LogP contribution in [0, 0.1) is 0 Å². The van der Waals surface area contributed by atoms with Gasteiger partial charge in [0.05, 0.1) is 17.2 Å². The Balaban J connectivity index is 1.70. The van der Waals surface area contributed by atoms with Crippen molar-refractivity contribution in [1.82, 2.24) is 20.1 Å². The molecule has 25 heavy (non-hydrogen) atoms. The van der Waals surface area contributed by atoms with E-state index in [1.807, 2.05) is 13.1 Å². The summed E-state index contributed by atoms with van der Waals surface area (Å²) in [5.41, 5.74) is 2.96. The fraction of sp³-hybridized carbons (Fsp3) is 0.412. The molecule has 3 N–H and O–H groups in total. The summed E-state index contributed by atoms with van der Waals surface area (Å²) in [7, 11) is 0. The number of H-pyrrole nitrogens is 2. The summed E-state index contributed by atoms with van der Waals surface area (Å²) in [5, 5.41) is 17.3. The Kier molecular flexibility index (Phi) is 3.28. The van der Waals surface area contributed by atoms with E-state index in [9.17, 15) is 9.90 Å². The number of rotatable bonds is 3. The van der Waals surface area contributed by atoms with Crippen LogP contribution in [0.5, 0.6) is 5.75 Å². The molecule has 5 heterocycles. The Hall–Kier alpha value is -2.16. The number of aromatic nitrogens is 3. The van der Waals surface area contributed by atoms with Crippen LogP contribution in [-0.4, -0.2) is 50.5 Å². The maximum Gasteiger partial charge on any atom is 0.266 e. The number of likely N-dealkylation sites (tertiary alicyclic amines) is 1. The summed E-state index contributed by atoms with van der Waals surface area (Å²) in [6.07, 6.45) is 4.13. The fourth-order valence-electron chi connectivity index (χ4n) is 3.73. The highest BCUT2D eigenvalue weighted by Crippen LogP contribution is 2.47. The maximum absolute atomic E-state index is 12.7. The number of hydrogen-bond donors (Lipinski definition) is 3. The van der Waals surface area contributed by atoms with Gasteiger partial charge in [-0.15, -0.1) is 11.3 Å². The largest absolute Gasteiger partial charge is 0.488 e. The summed E-state index contributed by atoms with van der Waals surface area (Å²) >= 11 is 1.45. The lowest BCUT2D eigenvalue weighted by Gasteiger charge is -2.36. The molecule has 0 saturated carbocycles. The molecule has 3 aromatic rings. The van der Waals surface area contributed by atoms with Gasteiger partial charge in [-0.05, 0) is 12.5 Å². The van der Waals surface area contributed by atoms with Crippen molar-refractivity contribution in [3.63, 3.8) is 0 Å². The Labute approximate surface area is 147 Å². The molecule has 0 amide bonds. The van der Waals surface area contributed by atoms with Crippen LogP contribution >= 0.6 is 11.3 Å². The van der Waals surface area contributed by atoms with Crippen molar-refractivity contribution in [2.45, 2.75) is 32.1 Å². The van der Waals surface area contributed by atoms with Crippen molar-refractivity contribution < 1.29 is 9.84 Å². The van der Waals surface area contributed by atoms with E-state index in [1.165, 1.54) is 11.3 Å². The van der Waals surface area contributed by atoms with Crippen LogP contribution in [0.1, 0.15) is 18.2 Å². The van der Waals surface area contributed by atoms with Gasteiger partial charge < -0.3 is 14.8 Å². The summed E-state index contributed by atoms with van der Waals surface area (Å²) in [4.78, 5) is 18.8. The van der Waals surface area contributed by atoms with E-state index in [4.69, 9.17) is 4.74 Å². The van der Waals surface area contributed by atoms with E-state index in [2.05, 4.69) is 20.1 Å². The third kappa shape index (κ3) is 2.32. The molecule has 3 aromatic heterocycles. The van der Waals surface area contributed by atoms with E-state index >= 15 is 0 Å². The highest BCUT2D eigenvalue weighted by atomic mass is 32.1.